The van der Waals surface area contributed by atoms with Crippen molar-refractivity contribution in [2.24, 2.45) is 23.7 Å². The van der Waals surface area contributed by atoms with Crippen molar-refractivity contribution in [2.75, 3.05) is 6.54 Å². The normalized spacial score (nSPS) is 39.1. The first-order valence-electron chi connectivity index (χ1n) is 9.13. The lowest BCUT2D eigenvalue weighted by molar-refractivity contribution is -0.152. The van der Waals surface area contributed by atoms with Gasteiger partial charge in [0.25, 0.3) is 0 Å². The van der Waals surface area contributed by atoms with Gasteiger partial charge in [-0.25, -0.2) is 0 Å². The van der Waals surface area contributed by atoms with Gasteiger partial charge in [0.05, 0.1) is 5.92 Å². The summed E-state index contributed by atoms with van der Waals surface area (Å²) in [6.07, 6.45) is 10.1. The molecule has 0 bridgehead atoms. The first kappa shape index (κ1) is 15.8. The fourth-order valence-electron chi connectivity index (χ4n) is 5.24. The second kappa shape index (κ2) is 6.59. The smallest absolute Gasteiger partial charge is 0.308 e. The number of nitrogens with zero attached hydrogens (tertiary/aromatic N) is 1. The average molecular weight is 307 g/mol. The molecule has 124 valence electrons. The van der Waals surface area contributed by atoms with Gasteiger partial charge in [-0.1, -0.05) is 32.1 Å². The monoisotopic (exact) mass is 307 g/mol. The van der Waals surface area contributed by atoms with E-state index < -0.39 is 5.97 Å². The van der Waals surface area contributed by atoms with Crippen molar-refractivity contribution < 1.29 is 14.7 Å². The fourth-order valence-corrected chi connectivity index (χ4v) is 5.24. The number of rotatable bonds is 2. The standard InChI is InChI=1S/C18H29NO3/c1-12-14(18(21)22)10-5-11-19(12)17(20)16-9-4-7-13-6-2-3-8-15(13)16/h12-16H,2-11H2,1H3,(H,21,22)/t12-,13?,14-,15?,16?/m1/s1. The van der Waals surface area contributed by atoms with Crippen molar-refractivity contribution >= 4 is 11.9 Å². The van der Waals surface area contributed by atoms with Gasteiger partial charge >= 0.3 is 5.97 Å². The average Bonchev–Trinajstić information content (AvgIpc) is 2.53. The molecule has 0 aromatic rings. The molecule has 4 nitrogen and oxygen atoms in total. The largest absolute Gasteiger partial charge is 0.481 e. The van der Waals surface area contributed by atoms with Crippen LogP contribution in [0.15, 0.2) is 0 Å². The molecule has 3 rings (SSSR count). The maximum Gasteiger partial charge on any atom is 0.308 e. The maximum absolute atomic E-state index is 13.1. The van der Waals surface area contributed by atoms with Crippen molar-refractivity contribution in [1.82, 2.24) is 4.90 Å². The predicted molar refractivity (Wildman–Crippen MR) is 84.3 cm³/mol. The number of piperidine rings is 1. The van der Waals surface area contributed by atoms with E-state index in [2.05, 4.69) is 0 Å². The van der Waals surface area contributed by atoms with E-state index >= 15 is 0 Å². The minimum absolute atomic E-state index is 0.150. The van der Waals surface area contributed by atoms with Crippen LogP contribution in [0.1, 0.15) is 64.7 Å². The third-order valence-corrected chi connectivity index (χ3v) is 6.48. The predicted octanol–water partition coefficient (Wildman–Crippen LogP) is 3.30. The van der Waals surface area contributed by atoms with Gasteiger partial charge in [-0.3, -0.25) is 9.59 Å². The van der Waals surface area contributed by atoms with Crippen LogP contribution >= 0.6 is 0 Å². The number of aliphatic carboxylic acids is 1. The Labute approximate surface area is 133 Å². The van der Waals surface area contributed by atoms with Crippen LogP contribution in [0.25, 0.3) is 0 Å². The summed E-state index contributed by atoms with van der Waals surface area (Å²) in [5, 5.41) is 9.37. The molecule has 4 heteroatoms. The SMILES string of the molecule is C[C@@H]1[C@H](C(=O)O)CCCN1C(=O)C1CCCC2CCCCC21. The molecule has 0 radical (unpaired) electrons. The number of likely N-dealkylation sites (tertiary alicyclic amines) is 1. The summed E-state index contributed by atoms with van der Waals surface area (Å²) in [6.45, 7) is 2.68. The summed E-state index contributed by atoms with van der Waals surface area (Å²) in [6, 6.07) is -0.150. The summed E-state index contributed by atoms with van der Waals surface area (Å²) in [4.78, 5) is 26.4. The van der Waals surface area contributed by atoms with Crippen LogP contribution in [0.3, 0.4) is 0 Å². The lowest BCUT2D eigenvalue weighted by Crippen LogP contribution is -2.53. The lowest BCUT2D eigenvalue weighted by Gasteiger charge is -2.45. The molecule has 1 amide bonds. The van der Waals surface area contributed by atoms with Gasteiger partial charge in [-0.05, 0) is 44.4 Å². The Morgan fingerprint density at radius 3 is 2.36 bits per heavy atom. The third kappa shape index (κ3) is 2.89. The summed E-state index contributed by atoms with van der Waals surface area (Å²) in [5.41, 5.74) is 0. The molecule has 1 aliphatic heterocycles. The number of carboxylic acids is 1. The molecule has 0 aromatic heterocycles. The van der Waals surface area contributed by atoms with Crippen LogP contribution < -0.4 is 0 Å². The number of carboxylic acid groups (broad SMARTS) is 1. The maximum atomic E-state index is 13.1. The van der Waals surface area contributed by atoms with E-state index in [4.69, 9.17) is 0 Å². The molecule has 2 saturated carbocycles. The Morgan fingerprint density at radius 2 is 1.59 bits per heavy atom. The quantitative estimate of drug-likeness (QED) is 0.851. The fraction of sp³-hybridized carbons (Fsp3) is 0.889. The van der Waals surface area contributed by atoms with Crippen LogP contribution in [0.4, 0.5) is 0 Å². The van der Waals surface area contributed by atoms with Crippen LogP contribution in [0, 0.1) is 23.7 Å². The Hall–Kier alpha value is -1.06. The lowest BCUT2D eigenvalue weighted by atomic mass is 9.65. The van der Waals surface area contributed by atoms with E-state index in [-0.39, 0.29) is 23.8 Å². The molecule has 2 aliphatic carbocycles. The molecule has 0 aromatic carbocycles. The van der Waals surface area contributed by atoms with E-state index in [0.717, 1.165) is 25.3 Å². The molecule has 3 unspecified atom stereocenters. The molecule has 0 spiro atoms. The zero-order valence-electron chi connectivity index (χ0n) is 13.7. The molecule has 22 heavy (non-hydrogen) atoms. The highest BCUT2D eigenvalue weighted by Gasteiger charge is 2.43. The highest BCUT2D eigenvalue weighted by atomic mass is 16.4. The highest BCUT2D eigenvalue weighted by Crippen LogP contribution is 2.45. The number of hydrogen-bond donors (Lipinski definition) is 1. The van der Waals surface area contributed by atoms with Crippen molar-refractivity contribution in [3.63, 3.8) is 0 Å². The summed E-state index contributed by atoms with van der Waals surface area (Å²) >= 11 is 0. The summed E-state index contributed by atoms with van der Waals surface area (Å²) < 4.78 is 0. The molecule has 3 fully saturated rings. The molecule has 1 heterocycles. The number of hydrogen-bond acceptors (Lipinski definition) is 2. The van der Waals surface area contributed by atoms with Gasteiger partial charge in [-0.2, -0.15) is 0 Å². The number of carbonyl (C=O) groups excluding carboxylic acids is 1. The summed E-state index contributed by atoms with van der Waals surface area (Å²) in [5.74, 6) is 0.593. The van der Waals surface area contributed by atoms with Crippen molar-refractivity contribution in [3.05, 3.63) is 0 Å². The zero-order chi connectivity index (χ0) is 15.7. The van der Waals surface area contributed by atoms with Gasteiger partial charge in [-0.15, -0.1) is 0 Å². The highest BCUT2D eigenvalue weighted by molar-refractivity contribution is 5.81. The number of fused-ring (bicyclic) bond motifs is 1. The van der Waals surface area contributed by atoms with Crippen LogP contribution in [0.5, 0.6) is 0 Å². The van der Waals surface area contributed by atoms with Gasteiger partial charge in [0, 0.05) is 18.5 Å². The van der Waals surface area contributed by atoms with E-state index in [1.807, 2.05) is 11.8 Å². The molecular weight excluding hydrogens is 278 g/mol. The second-order valence-corrected chi connectivity index (χ2v) is 7.60. The van der Waals surface area contributed by atoms with E-state index in [9.17, 15) is 14.7 Å². The number of amides is 1. The van der Waals surface area contributed by atoms with Crippen molar-refractivity contribution in [3.8, 4) is 0 Å². The Bertz CT molecular complexity index is 434. The first-order valence-corrected chi connectivity index (χ1v) is 9.13. The molecule has 1 N–H and O–H groups in total. The van der Waals surface area contributed by atoms with Gasteiger partial charge in [0.2, 0.25) is 5.91 Å². The molecule has 3 aliphatic rings. The minimum Gasteiger partial charge on any atom is -0.481 e. The number of carbonyl (C=O) groups is 2. The third-order valence-electron chi connectivity index (χ3n) is 6.48. The minimum atomic E-state index is -0.746. The molecule has 1 saturated heterocycles. The van der Waals surface area contributed by atoms with Crippen LogP contribution in [-0.2, 0) is 9.59 Å². The van der Waals surface area contributed by atoms with Crippen molar-refractivity contribution in [2.45, 2.75) is 70.8 Å². The Morgan fingerprint density at radius 1 is 0.909 bits per heavy atom. The van der Waals surface area contributed by atoms with E-state index in [0.29, 0.717) is 12.3 Å². The van der Waals surface area contributed by atoms with Crippen molar-refractivity contribution in [1.29, 1.82) is 0 Å². The van der Waals surface area contributed by atoms with Crippen LogP contribution in [-0.4, -0.2) is 34.5 Å². The van der Waals surface area contributed by atoms with E-state index in [1.165, 1.54) is 38.5 Å². The van der Waals surface area contributed by atoms with Gasteiger partial charge in [0.1, 0.15) is 0 Å². The second-order valence-electron chi connectivity index (χ2n) is 7.60. The first-order chi connectivity index (χ1) is 10.6. The topological polar surface area (TPSA) is 57.6 Å². The van der Waals surface area contributed by atoms with E-state index in [1.54, 1.807) is 0 Å². The van der Waals surface area contributed by atoms with Gasteiger partial charge in [0.15, 0.2) is 0 Å². The molecular formula is C18H29NO3. The van der Waals surface area contributed by atoms with Crippen LogP contribution in [0.2, 0.25) is 0 Å². The summed E-state index contributed by atoms with van der Waals surface area (Å²) in [7, 11) is 0. The Balaban J connectivity index is 1.73. The zero-order valence-corrected chi connectivity index (χ0v) is 13.7. The van der Waals surface area contributed by atoms with Gasteiger partial charge < -0.3 is 10.0 Å². The Kier molecular flexibility index (Phi) is 4.74. The molecule has 5 atom stereocenters.